The molecule has 2 nitrogen and oxygen atoms in total. The Kier molecular flexibility index (Phi) is 4.48. The number of aldehydes is 1. The van der Waals surface area contributed by atoms with Crippen molar-refractivity contribution in [1.29, 1.82) is 0 Å². The van der Waals surface area contributed by atoms with E-state index in [1.54, 1.807) is 0 Å². The van der Waals surface area contributed by atoms with Gasteiger partial charge in [-0.25, -0.2) is 0 Å². The predicted molar refractivity (Wildman–Crippen MR) is 57.3 cm³/mol. The fourth-order valence-corrected chi connectivity index (χ4v) is 1.16. The van der Waals surface area contributed by atoms with E-state index < -0.39 is 0 Å². The van der Waals surface area contributed by atoms with Gasteiger partial charge in [0.25, 0.3) is 0 Å². The number of benzene rings is 1. The third-order valence-corrected chi connectivity index (χ3v) is 1.75. The summed E-state index contributed by atoms with van der Waals surface area (Å²) < 4.78 is 5.43. The lowest BCUT2D eigenvalue weighted by Gasteiger charge is -2.05. The van der Waals surface area contributed by atoms with Gasteiger partial charge in [0.2, 0.25) is 0 Å². The van der Waals surface area contributed by atoms with Crippen molar-refractivity contribution >= 4 is 12.4 Å². The highest BCUT2D eigenvalue weighted by Crippen LogP contribution is 2.19. The Morgan fingerprint density at radius 1 is 1.36 bits per heavy atom. The molecule has 0 saturated heterocycles. The predicted octanol–water partition coefficient (Wildman–Crippen LogP) is 2.69. The van der Waals surface area contributed by atoms with Crippen LogP contribution in [0.5, 0.6) is 5.75 Å². The van der Waals surface area contributed by atoms with Crippen LogP contribution in [0.3, 0.4) is 0 Å². The molecule has 0 radical (unpaired) electrons. The molecule has 0 unspecified atom stereocenters. The maximum Gasteiger partial charge on any atom is 0.126 e. The summed E-state index contributed by atoms with van der Waals surface area (Å²) >= 11 is 0. The van der Waals surface area contributed by atoms with Crippen LogP contribution in [0.1, 0.15) is 18.9 Å². The Morgan fingerprint density at radius 3 is 2.86 bits per heavy atom. The quantitative estimate of drug-likeness (QED) is 0.667. The molecule has 0 bridgehead atoms. The largest absolute Gasteiger partial charge is 0.493 e. The van der Waals surface area contributed by atoms with E-state index in [-0.39, 0.29) is 0 Å². The molecule has 14 heavy (non-hydrogen) atoms. The molecule has 0 aliphatic heterocycles. The van der Waals surface area contributed by atoms with E-state index in [0.29, 0.717) is 13.0 Å². The van der Waals surface area contributed by atoms with Crippen LogP contribution < -0.4 is 4.74 Å². The summed E-state index contributed by atoms with van der Waals surface area (Å²) in [4.78, 5) is 10.1. The van der Waals surface area contributed by atoms with Gasteiger partial charge in [-0.2, -0.15) is 0 Å². The molecule has 0 aromatic heterocycles. The van der Waals surface area contributed by atoms with Gasteiger partial charge in [0, 0.05) is 12.0 Å². The van der Waals surface area contributed by atoms with Gasteiger partial charge in [-0.1, -0.05) is 30.4 Å². The van der Waals surface area contributed by atoms with E-state index in [1.165, 1.54) is 0 Å². The summed E-state index contributed by atoms with van der Waals surface area (Å²) in [5.41, 5.74) is 1.01. The molecular weight excluding hydrogens is 176 g/mol. The average molecular weight is 190 g/mol. The smallest absolute Gasteiger partial charge is 0.126 e. The molecule has 0 heterocycles. The lowest BCUT2D eigenvalue weighted by atomic mass is 10.2. The number of hydrogen-bond donors (Lipinski definition) is 0. The first kappa shape index (κ1) is 10.5. The molecule has 0 aliphatic rings. The van der Waals surface area contributed by atoms with Crippen LogP contribution in [0.4, 0.5) is 0 Å². The maximum absolute atomic E-state index is 10.1. The third-order valence-electron chi connectivity index (χ3n) is 1.75. The number of hydrogen-bond acceptors (Lipinski definition) is 2. The van der Waals surface area contributed by atoms with Gasteiger partial charge in [-0.3, -0.25) is 0 Å². The summed E-state index contributed by atoms with van der Waals surface area (Å²) in [6.07, 6.45) is 5.05. The second kappa shape index (κ2) is 5.97. The van der Waals surface area contributed by atoms with Gasteiger partial charge in [-0.15, -0.1) is 0 Å². The van der Waals surface area contributed by atoms with Crippen molar-refractivity contribution in [3.05, 3.63) is 35.9 Å². The van der Waals surface area contributed by atoms with Crippen LogP contribution >= 0.6 is 0 Å². The zero-order valence-electron chi connectivity index (χ0n) is 8.27. The summed E-state index contributed by atoms with van der Waals surface area (Å²) in [6.45, 7) is 2.60. The van der Waals surface area contributed by atoms with E-state index in [0.717, 1.165) is 17.6 Å². The van der Waals surface area contributed by atoms with Gasteiger partial charge >= 0.3 is 0 Å². The second-order valence-corrected chi connectivity index (χ2v) is 2.78. The Balaban J connectivity index is 2.78. The molecule has 1 rings (SSSR count). The number of para-hydroxylation sites is 1. The highest BCUT2D eigenvalue weighted by Gasteiger charge is 1.96. The molecule has 0 saturated carbocycles. The van der Waals surface area contributed by atoms with Crippen LogP contribution in [-0.2, 0) is 4.79 Å². The summed E-state index contributed by atoms with van der Waals surface area (Å²) in [5.74, 6) is 0.858. The molecule has 0 atom stereocenters. The maximum atomic E-state index is 10.1. The van der Waals surface area contributed by atoms with Crippen molar-refractivity contribution in [2.24, 2.45) is 0 Å². The van der Waals surface area contributed by atoms with Crippen LogP contribution in [-0.4, -0.2) is 12.9 Å². The summed E-state index contributed by atoms with van der Waals surface area (Å²) in [6, 6.07) is 7.77. The molecule has 0 fully saturated rings. The molecule has 2 heteroatoms. The zero-order valence-corrected chi connectivity index (χ0v) is 8.27. The first-order valence-electron chi connectivity index (χ1n) is 4.70. The third kappa shape index (κ3) is 3.05. The molecule has 0 N–H and O–H groups in total. The standard InChI is InChI=1S/C12H14O2/c1-2-14-12-9-4-3-7-11(12)8-5-6-10-13/h3-5,7-10H,2,6H2,1H3. The minimum atomic E-state index is 0.445. The lowest BCUT2D eigenvalue weighted by Crippen LogP contribution is -1.93. The summed E-state index contributed by atoms with van der Waals surface area (Å²) in [7, 11) is 0. The Bertz CT molecular complexity index is 316. The Labute approximate surface area is 84.2 Å². The van der Waals surface area contributed by atoms with E-state index in [1.807, 2.05) is 43.3 Å². The Hall–Kier alpha value is -1.57. The van der Waals surface area contributed by atoms with E-state index in [4.69, 9.17) is 4.74 Å². The monoisotopic (exact) mass is 190 g/mol. The van der Waals surface area contributed by atoms with E-state index >= 15 is 0 Å². The fourth-order valence-electron chi connectivity index (χ4n) is 1.16. The molecule has 74 valence electrons. The highest BCUT2D eigenvalue weighted by atomic mass is 16.5. The van der Waals surface area contributed by atoms with Crippen molar-refractivity contribution in [1.82, 2.24) is 0 Å². The van der Waals surface area contributed by atoms with Gasteiger partial charge in [0.1, 0.15) is 12.0 Å². The molecule has 0 aliphatic carbocycles. The molecule has 0 spiro atoms. The normalized spacial score (nSPS) is 10.4. The highest BCUT2D eigenvalue weighted by molar-refractivity contribution is 5.61. The minimum absolute atomic E-state index is 0.445. The lowest BCUT2D eigenvalue weighted by molar-refractivity contribution is -0.107. The van der Waals surface area contributed by atoms with Crippen LogP contribution in [0.15, 0.2) is 30.3 Å². The fraction of sp³-hybridized carbons (Fsp3) is 0.250. The first-order chi connectivity index (χ1) is 6.88. The Morgan fingerprint density at radius 2 is 2.14 bits per heavy atom. The second-order valence-electron chi connectivity index (χ2n) is 2.78. The molecule has 1 aromatic rings. The van der Waals surface area contributed by atoms with E-state index in [9.17, 15) is 4.79 Å². The molecule has 1 aromatic carbocycles. The van der Waals surface area contributed by atoms with Crippen molar-refractivity contribution in [2.75, 3.05) is 6.61 Å². The number of carbonyl (C=O) groups is 1. The zero-order chi connectivity index (χ0) is 10.2. The van der Waals surface area contributed by atoms with Crippen LogP contribution in [0.25, 0.3) is 6.08 Å². The number of allylic oxidation sites excluding steroid dienone is 1. The van der Waals surface area contributed by atoms with Crippen molar-refractivity contribution in [2.45, 2.75) is 13.3 Å². The van der Waals surface area contributed by atoms with E-state index in [2.05, 4.69) is 0 Å². The summed E-state index contributed by atoms with van der Waals surface area (Å²) in [5, 5.41) is 0. The van der Waals surface area contributed by atoms with Gasteiger partial charge < -0.3 is 9.53 Å². The molecular formula is C12H14O2. The first-order valence-corrected chi connectivity index (χ1v) is 4.70. The van der Waals surface area contributed by atoms with Crippen molar-refractivity contribution < 1.29 is 9.53 Å². The van der Waals surface area contributed by atoms with Crippen LogP contribution in [0, 0.1) is 0 Å². The van der Waals surface area contributed by atoms with Gasteiger partial charge in [0.05, 0.1) is 6.61 Å². The SMILES string of the molecule is CCOc1ccccc1C=CCC=O. The topological polar surface area (TPSA) is 26.3 Å². The average Bonchev–Trinajstić information content (AvgIpc) is 2.21. The van der Waals surface area contributed by atoms with Gasteiger partial charge in [0.15, 0.2) is 0 Å². The van der Waals surface area contributed by atoms with Crippen LogP contribution in [0.2, 0.25) is 0 Å². The van der Waals surface area contributed by atoms with Crippen molar-refractivity contribution in [3.8, 4) is 5.75 Å². The minimum Gasteiger partial charge on any atom is -0.493 e. The number of carbonyl (C=O) groups excluding carboxylic acids is 1. The van der Waals surface area contributed by atoms with Gasteiger partial charge in [-0.05, 0) is 13.0 Å². The number of ether oxygens (including phenoxy) is 1. The number of rotatable bonds is 5. The van der Waals surface area contributed by atoms with Crippen molar-refractivity contribution in [3.63, 3.8) is 0 Å². The molecule has 0 amide bonds.